The van der Waals surface area contributed by atoms with Crippen molar-refractivity contribution in [3.8, 4) is 0 Å². The van der Waals surface area contributed by atoms with E-state index in [1.54, 1.807) is 13.8 Å². The molecule has 4 nitrogen and oxygen atoms in total. The second-order valence-corrected chi connectivity index (χ2v) is 3.94. The predicted octanol–water partition coefficient (Wildman–Crippen LogP) is 1.87. The van der Waals surface area contributed by atoms with Crippen LogP contribution in [0, 0.1) is 0 Å². The molecule has 5 heteroatoms. The Labute approximate surface area is 93.5 Å². The molecule has 0 aliphatic carbocycles. The summed E-state index contributed by atoms with van der Waals surface area (Å²) in [5, 5.41) is 0. The summed E-state index contributed by atoms with van der Waals surface area (Å²) in [5.41, 5.74) is -0.711. The smallest absolute Gasteiger partial charge is 0.342 e. The summed E-state index contributed by atoms with van der Waals surface area (Å²) in [4.78, 5) is 21.6. The van der Waals surface area contributed by atoms with Crippen molar-refractivity contribution < 1.29 is 18.5 Å². The van der Waals surface area contributed by atoms with Crippen molar-refractivity contribution in [1.29, 1.82) is 0 Å². The molecule has 0 bridgehead atoms. The molecule has 0 aromatic carbocycles. The Hall–Kier alpha value is -1.23. The number of carbonyl (C=O) groups excluding carboxylic acids is 2. The lowest BCUT2D eigenvalue weighted by atomic mass is 10.2. The molecule has 0 aliphatic rings. The Morgan fingerprint density at radius 3 is 2.27 bits per heavy atom. The fourth-order valence-corrected chi connectivity index (χ4v) is 1.19. The minimum atomic E-state index is -0.711. The molecule has 0 fully saturated rings. The number of hydrogen-bond acceptors (Lipinski definition) is 5. The summed E-state index contributed by atoms with van der Waals surface area (Å²) in [6.07, 6.45) is 2.15. The zero-order valence-corrected chi connectivity index (χ0v) is 9.63. The third-order valence-electron chi connectivity index (χ3n) is 1.26. The second kappa shape index (κ2) is 6.29. The Morgan fingerprint density at radius 2 is 1.80 bits per heavy atom. The quantitative estimate of drug-likeness (QED) is 0.396. The first-order valence-electron chi connectivity index (χ1n) is 4.22. The van der Waals surface area contributed by atoms with Gasteiger partial charge in [0.25, 0.3) is 0 Å². The van der Waals surface area contributed by atoms with Crippen LogP contribution in [0.2, 0.25) is 0 Å². The van der Waals surface area contributed by atoms with Crippen molar-refractivity contribution in [3.63, 3.8) is 0 Å². The lowest BCUT2D eigenvalue weighted by Gasteiger charge is -2.22. The standard InChI is InChI=1S/C10H14O4S/c1-5-8(11)13-10(3,4)7-15-14-9(12)6-2/h5-6H,1-2,7H2,3-4H3. The first-order chi connectivity index (χ1) is 6.91. The molecule has 0 aliphatic heterocycles. The maximum Gasteiger partial charge on any atom is 0.342 e. The molecule has 0 radical (unpaired) electrons. The van der Waals surface area contributed by atoms with Gasteiger partial charge in [0, 0.05) is 12.2 Å². The van der Waals surface area contributed by atoms with E-state index in [0.717, 1.165) is 24.2 Å². The van der Waals surface area contributed by atoms with E-state index in [2.05, 4.69) is 17.3 Å². The van der Waals surface area contributed by atoms with Gasteiger partial charge in [-0.3, -0.25) is 0 Å². The third kappa shape index (κ3) is 6.79. The molecule has 15 heavy (non-hydrogen) atoms. The van der Waals surface area contributed by atoms with Gasteiger partial charge in [-0.1, -0.05) is 13.2 Å². The molecule has 0 aromatic rings. The molecule has 0 saturated heterocycles. The summed E-state index contributed by atoms with van der Waals surface area (Å²) >= 11 is 0.913. The monoisotopic (exact) mass is 230 g/mol. The number of esters is 1. The normalized spacial score (nSPS) is 10.3. The van der Waals surface area contributed by atoms with Crippen molar-refractivity contribution in [3.05, 3.63) is 25.3 Å². The maximum atomic E-state index is 10.9. The van der Waals surface area contributed by atoms with Gasteiger partial charge in [-0.25, -0.2) is 9.59 Å². The predicted molar refractivity (Wildman–Crippen MR) is 59.1 cm³/mol. The Balaban J connectivity index is 3.93. The first-order valence-corrected chi connectivity index (χ1v) is 5.13. The summed E-state index contributed by atoms with van der Waals surface area (Å²) < 4.78 is 9.69. The summed E-state index contributed by atoms with van der Waals surface area (Å²) in [6.45, 7) is 9.96. The van der Waals surface area contributed by atoms with Gasteiger partial charge in [0.05, 0.1) is 17.8 Å². The fraction of sp³-hybridized carbons (Fsp3) is 0.400. The Morgan fingerprint density at radius 1 is 1.27 bits per heavy atom. The molecule has 0 rings (SSSR count). The highest BCUT2D eigenvalue weighted by atomic mass is 32.2. The number of rotatable bonds is 6. The van der Waals surface area contributed by atoms with E-state index < -0.39 is 17.5 Å². The summed E-state index contributed by atoms with van der Waals surface area (Å²) in [5.74, 6) is -0.687. The van der Waals surface area contributed by atoms with Crippen molar-refractivity contribution in [2.24, 2.45) is 0 Å². The van der Waals surface area contributed by atoms with Crippen molar-refractivity contribution >= 4 is 24.0 Å². The maximum absolute atomic E-state index is 10.9. The van der Waals surface area contributed by atoms with Crippen LogP contribution < -0.4 is 0 Å². The van der Waals surface area contributed by atoms with Gasteiger partial charge >= 0.3 is 11.9 Å². The highest BCUT2D eigenvalue weighted by Gasteiger charge is 2.22. The van der Waals surface area contributed by atoms with E-state index in [1.165, 1.54) is 0 Å². The summed E-state index contributed by atoms with van der Waals surface area (Å²) in [6, 6.07) is 0. The van der Waals surface area contributed by atoms with Crippen molar-refractivity contribution in [2.75, 3.05) is 5.75 Å². The summed E-state index contributed by atoms with van der Waals surface area (Å²) in [7, 11) is 0. The van der Waals surface area contributed by atoms with Crippen LogP contribution in [0.4, 0.5) is 0 Å². The van der Waals surface area contributed by atoms with Gasteiger partial charge in [0.1, 0.15) is 5.60 Å². The van der Waals surface area contributed by atoms with E-state index >= 15 is 0 Å². The fourth-order valence-electron chi connectivity index (χ4n) is 0.607. The van der Waals surface area contributed by atoms with Crippen LogP contribution >= 0.6 is 12.0 Å². The minimum absolute atomic E-state index is 0.339. The molecular formula is C10H14O4S. The van der Waals surface area contributed by atoms with Crippen LogP contribution in [-0.2, 0) is 18.5 Å². The van der Waals surface area contributed by atoms with Crippen LogP contribution in [-0.4, -0.2) is 23.3 Å². The largest absolute Gasteiger partial charge is 0.456 e. The van der Waals surface area contributed by atoms with Crippen LogP contribution in [0.25, 0.3) is 0 Å². The Kier molecular flexibility index (Phi) is 5.77. The second-order valence-electron chi connectivity index (χ2n) is 3.25. The van der Waals surface area contributed by atoms with E-state index in [9.17, 15) is 9.59 Å². The topological polar surface area (TPSA) is 52.6 Å². The number of ether oxygens (including phenoxy) is 1. The lowest BCUT2D eigenvalue weighted by Crippen LogP contribution is -2.30. The van der Waals surface area contributed by atoms with E-state index in [1.807, 2.05) is 0 Å². The van der Waals surface area contributed by atoms with E-state index in [4.69, 9.17) is 4.74 Å². The average molecular weight is 230 g/mol. The number of carbonyl (C=O) groups is 2. The number of hydrogen-bond donors (Lipinski definition) is 0. The molecule has 0 aromatic heterocycles. The van der Waals surface area contributed by atoms with Gasteiger partial charge in [-0.2, -0.15) is 0 Å². The molecular weight excluding hydrogens is 216 g/mol. The van der Waals surface area contributed by atoms with Crippen LogP contribution in [0.15, 0.2) is 25.3 Å². The van der Waals surface area contributed by atoms with Gasteiger partial charge in [-0.15, -0.1) is 0 Å². The average Bonchev–Trinajstić information content (AvgIpc) is 2.16. The molecule has 0 unspecified atom stereocenters. The van der Waals surface area contributed by atoms with E-state index in [0.29, 0.717) is 5.75 Å². The molecule has 0 spiro atoms. The molecule has 0 amide bonds. The highest BCUT2D eigenvalue weighted by molar-refractivity contribution is 7.95. The van der Waals surface area contributed by atoms with Crippen LogP contribution in [0.1, 0.15) is 13.8 Å². The van der Waals surface area contributed by atoms with Crippen molar-refractivity contribution in [2.45, 2.75) is 19.4 Å². The molecule has 0 heterocycles. The highest BCUT2D eigenvalue weighted by Crippen LogP contribution is 2.18. The zero-order valence-electron chi connectivity index (χ0n) is 8.82. The van der Waals surface area contributed by atoms with Crippen LogP contribution in [0.5, 0.6) is 0 Å². The molecule has 84 valence electrons. The molecule has 0 saturated carbocycles. The lowest BCUT2D eigenvalue weighted by molar-refractivity contribution is -0.148. The SMILES string of the molecule is C=CC(=O)OSCC(C)(C)OC(=O)C=C. The molecule has 0 N–H and O–H groups in total. The van der Waals surface area contributed by atoms with Crippen LogP contribution in [0.3, 0.4) is 0 Å². The Bertz CT molecular complexity index is 271. The first kappa shape index (κ1) is 13.8. The van der Waals surface area contributed by atoms with E-state index in [-0.39, 0.29) is 0 Å². The van der Waals surface area contributed by atoms with Crippen molar-refractivity contribution in [1.82, 2.24) is 0 Å². The van der Waals surface area contributed by atoms with Gasteiger partial charge in [-0.05, 0) is 13.8 Å². The van der Waals surface area contributed by atoms with Gasteiger partial charge in [0.15, 0.2) is 0 Å². The zero-order chi connectivity index (χ0) is 11.9. The minimum Gasteiger partial charge on any atom is -0.456 e. The third-order valence-corrected chi connectivity index (χ3v) is 2.35. The van der Waals surface area contributed by atoms with Gasteiger partial charge < -0.3 is 8.92 Å². The molecule has 0 atom stereocenters. The van der Waals surface area contributed by atoms with Gasteiger partial charge in [0.2, 0.25) is 0 Å².